The molecule has 3 aromatic rings. The second-order valence-electron chi connectivity index (χ2n) is 9.14. The molecule has 36 heavy (non-hydrogen) atoms. The van der Waals surface area contributed by atoms with E-state index in [1.807, 2.05) is 0 Å². The number of aliphatic hydroxyl groups is 2. The van der Waals surface area contributed by atoms with Gasteiger partial charge in [-0.15, -0.1) is 11.3 Å². The van der Waals surface area contributed by atoms with Crippen LogP contribution >= 0.6 is 11.3 Å². The Hall–Kier alpha value is -2.93. The molecule has 1 amide bonds. The molecule has 0 radical (unpaired) electrons. The lowest BCUT2D eigenvalue weighted by atomic mass is 9.99. The predicted molar refractivity (Wildman–Crippen MR) is 135 cm³/mol. The van der Waals surface area contributed by atoms with Crippen molar-refractivity contribution in [3.8, 4) is 10.4 Å². The minimum absolute atomic E-state index is 0.0246. The summed E-state index contributed by atoms with van der Waals surface area (Å²) in [5.41, 5.74) is 4.20. The minimum Gasteiger partial charge on any atom is -0.396 e. The van der Waals surface area contributed by atoms with E-state index >= 15 is 0 Å². The number of hydrogen-bond acceptors (Lipinski definition) is 8. The summed E-state index contributed by atoms with van der Waals surface area (Å²) in [7, 11) is -3.67. The molecule has 1 aromatic carbocycles. The molecule has 0 spiro atoms. The van der Waals surface area contributed by atoms with Crippen LogP contribution < -0.4 is 11.1 Å². The normalized spacial score (nSPS) is 13.0. The fourth-order valence-electron chi connectivity index (χ4n) is 3.57. The number of carbonyl (C=O) groups is 1. The molecule has 3 rings (SSSR count). The third-order valence-corrected chi connectivity index (χ3v) is 8.09. The lowest BCUT2D eigenvalue weighted by Gasteiger charge is -2.16. The molecule has 5 N–H and O–H groups in total. The van der Waals surface area contributed by atoms with Crippen molar-refractivity contribution in [1.29, 1.82) is 0 Å². The summed E-state index contributed by atoms with van der Waals surface area (Å²) < 4.78 is 54.5. The molecule has 0 fully saturated rings. The summed E-state index contributed by atoms with van der Waals surface area (Å²) in [5.74, 6) is -3.69. The third-order valence-electron chi connectivity index (χ3n) is 5.14. The highest BCUT2D eigenvalue weighted by Gasteiger charge is 2.25. The Morgan fingerprint density at radius 3 is 2.42 bits per heavy atom. The number of aromatic nitrogens is 1. The number of nitrogens with one attached hydrogen (secondary N) is 1. The van der Waals surface area contributed by atoms with Crippen LogP contribution in [0, 0.1) is 11.6 Å². The number of rotatable bonds is 10. The first kappa shape index (κ1) is 27.7. The Balaban J connectivity index is 1.94. The van der Waals surface area contributed by atoms with E-state index in [9.17, 15) is 32.2 Å². The standard InChI is InChI=1S/C24H27F2N3O5S2/c1-13(10-30)14-7-17(25)21(18(26)8-14)19-9-16(22(27)31)23(35-19)29-20-6-4-5-15(28-20)11-36(33,34)12-24(2,3)32/h4-9,13,30,32H,10-12H2,1-3H3,(H2,27,31)(H,28,29). The van der Waals surface area contributed by atoms with E-state index in [0.29, 0.717) is 5.56 Å². The summed E-state index contributed by atoms with van der Waals surface area (Å²) in [6, 6.07) is 8.13. The average Bonchev–Trinajstić information content (AvgIpc) is 3.14. The Kier molecular flexibility index (Phi) is 8.13. The smallest absolute Gasteiger partial charge is 0.251 e. The molecule has 0 aliphatic rings. The molecule has 0 aliphatic carbocycles. The quantitative estimate of drug-likeness (QED) is 0.308. The number of thiophene rings is 1. The van der Waals surface area contributed by atoms with Crippen LogP contribution in [0.5, 0.6) is 0 Å². The summed E-state index contributed by atoms with van der Waals surface area (Å²) >= 11 is 0.878. The van der Waals surface area contributed by atoms with Crippen molar-refractivity contribution in [2.45, 2.75) is 38.0 Å². The van der Waals surface area contributed by atoms with Gasteiger partial charge in [0.05, 0.1) is 33.9 Å². The maximum absolute atomic E-state index is 14.9. The molecule has 2 heterocycles. The van der Waals surface area contributed by atoms with Crippen molar-refractivity contribution < 1.29 is 32.2 Å². The molecule has 2 aromatic heterocycles. The molecule has 0 aliphatic heterocycles. The van der Waals surface area contributed by atoms with Crippen molar-refractivity contribution in [3.63, 3.8) is 0 Å². The number of nitrogens with zero attached hydrogens (tertiary/aromatic N) is 1. The van der Waals surface area contributed by atoms with Gasteiger partial charge < -0.3 is 21.3 Å². The van der Waals surface area contributed by atoms with E-state index in [1.54, 1.807) is 13.0 Å². The van der Waals surface area contributed by atoms with E-state index in [1.165, 1.54) is 32.0 Å². The summed E-state index contributed by atoms with van der Waals surface area (Å²) in [6.45, 7) is 4.13. The number of sulfone groups is 1. The molecular weight excluding hydrogens is 512 g/mol. The number of pyridine rings is 1. The van der Waals surface area contributed by atoms with Crippen molar-refractivity contribution >= 4 is 37.9 Å². The minimum atomic E-state index is -3.67. The van der Waals surface area contributed by atoms with E-state index in [2.05, 4.69) is 10.3 Å². The Morgan fingerprint density at radius 2 is 1.86 bits per heavy atom. The molecular formula is C24H27F2N3O5S2. The number of primary amides is 1. The van der Waals surface area contributed by atoms with Crippen molar-refractivity contribution in [2.24, 2.45) is 5.73 Å². The highest BCUT2D eigenvalue weighted by atomic mass is 32.2. The fourth-order valence-corrected chi connectivity index (χ4v) is 6.48. The molecule has 1 unspecified atom stereocenters. The van der Waals surface area contributed by atoms with Crippen molar-refractivity contribution in [3.05, 3.63) is 64.9 Å². The van der Waals surface area contributed by atoms with Crippen LogP contribution in [0.2, 0.25) is 0 Å². The molecule has 0 saturated carbocycles. The van der Waals surface area contributed by atoms with Gasteiger partial charge >= 0.3 is 0 Å². The molecule has 8 nitrogen and oxygen atoms in total. The lowest BCUT2D eigenvalue weighted by molar-refractivity contribution is 0.1000. The predicted octanol–water partition coefficient (Wildman–Crippen LogP) is 3.71. The number of aliphatic hydroxyl groups excluding tert-OH is 1. The lowest BCUT2D eigenvalue weighted by Crippen LogP contribution is -2.30. The zero-order chi connectivity index (χ0) is 26.8. The summed E-state index contributed by atoms with van der Waals surface area (Å²) in [4.78, 5) is 16.4. The molecule has 1 atom stereocenters. The third kappa shape index (κ3) is 6.84. The zero-order valence-electron chi connectivity index (χ0n) is 19.9. The fraction of sp³-hybridized carbons (Fsp3) is 0.333. The van der Waals surface area contributed by atoms with Gasteiger partial charge in [0, 0.05) is 17.4 Å². The van der Waals surface area contributed by atoms with Gasteiger partial charge in [-0.1, -0.05) is 13.0 Å². The van der Waals surface area contributed by atoms with Gasteiger partial charge in [-0.2, -0.15) is 0 Å². The van der Waals surface area contributed by atoms with Gasteiger partial charge in [0.2, 0.25) is 0 Å². The maximum Gasteiger partial charge on any atom is 0.251 e. The molecule has 194 valence electrons. The first-order chi connectivity index (χ1) is 16.7. The van der Waals surface area contributed by atoms with E-state index in [0.717, 1.165) is 23.5 Å². The Labute approximate surface area is 211 Å². The number of hydrogen-bond donors (Lipinski definition) is 4. The van der Waals surface area contributed by atoms with Gasteiger partial charge in [0.15, 0.2) is 9.84 Å². The monoisotopic (exact) mass is 539 g/mol. The number of amides is 1. The highest BCUT2D eigenvalue weighted by Crippen LogP contribution is 2.39. The van der Waals surface area contributed by atoms with Crippen molar-refractivity contribution in [1.82, 2.24) is 4.98 Å². The van der Waals surface area contributed by atoms with E-state index in [-0.39, 0.29) is 39.1 Å². The second kappa shape index (κ2) is 10.6. The first-order valence-corrected chi connectivity index (χ1v) is 13.5. The van der Waals surface area contributed by atoms with Crippen LogP contribution in [0.3, 0.4) is 0 Å². The van der Waals surface area contributed by atoms with Crippen LogP contribution in [-0.2, 0) is 15.6 Å². The van der Waals surface area contributed by atoms with Gasteiger partial charge in [0.25, 0.3) is 5.91 Å². The average molecular weight is 540 g/mol. The molecule has 0 saturated heterocycles. The maximum atomic E-state index is 14.9. The van der Waals surface area contributed by atoms with Crippen LogP contribution in [0.15, 0.2) is 36.4 Å². The Bertz CT molecular complexity index is 1360. The zero-order valence-corrected chi connectivity index (χ0v) is 21.5. The van der Waals surface area contributed by atoms with E-state index < -0.39 is 50.4 Å². The van der Waals surface area contributed by atoms with Crippen LogP contribution in [-0.4, -0.2) is 47.5 Å². The SMILES string of the molecule is CC(CO)c1cc(F)c(-c2cc(C(N)=O)c(Nc3cccc(CS(=O)(=O)CC(C)(C)O)n3)s2)c(F)c1. The number of benzene rings is 1. The summed E-state index contributed by atoms with van der Waals surface area (Å²) in [6.07, 6.45) is 0. The molecule has 12 heteroatoms. The van der Waals surface area contributed by atoms with Crippen LogP contribution in [0.1, 0.15) is 48.3 Å². The number of halogens is 2. The van der Waals surface area contributed by atoms with Gasteiger partial charge in [-0.25, -0.2) is 22.2 Å². The van der Waals surface area contributed by atoms with Gasteiger partial charge in [0.1, 0.15) is 22.5 Å². The van der Waals surface area contributed by atoms with E-state index in [4.69, 9.17) is 5.73 Å². The van der Waals surface area contributed by atoms with Gasteiger partial charge in [-0.05, 0) is 49.7 Å². The summed E-state index contributed by atoms with van der Waals surface area (Å²) in [5, 5.41) is 22.2. The second-order valence-corrected chi connectivity index (χ2v) is 12.3. The van der Waals surface area contributed by atoms with Gasteiger partial charge in [-0.3, -0.25) is 4.79 Å². The largest absolute Gasteiger partial charge is 0.396 e. The van der Waals surface area contributed by atoms with Crippen molar-refractivity contribution in [2.75, 3.05) is 17.7 Å². The number of carbonyl (C=O) groups excluding carboxylic acids is 1. The topological polar surface area (TPSA) is 143 Å². The van der Waals surface area contributed by atoms with Crippen LogP contribution in [0.25, 0.3) is 10.4 Å². The Morgan fingerprint density at radius 1 is 1.22 bits per heavy atom. The molecule has 0 bridgehead atoms. The number of anilines is 2. The number of nitrogens with two attached hydrogens (primary N) is 1. The first-order valence-electron chi connectivity index (χ1n) is 10.9. The highest BCUT2D eigenvalue weighted by molar-refractivity contribution is 7.90. The van der Waals surface area contributed by atoms with Crippen LogP contribution in [0.4, 0.5) is 19.6 Å².